The van der Waals surface area contributed by atoms with Gasteiger partial charge in [-0.1, -0.05) is 0 Å². The van der Waals surface area contributed by atoms with Crippen molar-refractivity contribution in [3.8, 4) is 0 Å². The third-order valence-electron chi connectivity index (χ3n) is 3.12. The maximum Gasteiger partial charge on any atom is 0.0813 e. The van der Waals surface area contributed by atoms with E-state index in [1.807, 2.05) is 11.8 Å². The molecule has 70 valence electrons. The second-order valence-electron chi connectivity index (χ2n) is 3.79. The van der Waals surface area contributed by atoms with E-state index in [1.54, 1.807) is 0 Å². The molecular formula is C9H17NOS. The van der Waals surface area contributed by atoms with Gasteiger partial charge in [-0.3, -0.25) is 0 Å². The van der Waals surface area contributed by atoms with E-state index >= 15 is 0 Å². The molecule has 0 radical (unpaired) electrons. The number of nitrogens with two attached hydrogens (primary N) is 1. The first-order chi connectivity index (χ1) is 5.87. The van der Waals surface area contributed by atoms with Gasteiger partial charge in [0.1, 0.15) is 0 Å². The lowest BCUT2D eigenvalue weighted by atomic mass is 9.85. The van der Waals surface area contributed by atoms with Crippen molar-refractivity contribution in [3.63, 3.8) is 0 Å². The summed E-state index contributed by atoms with van der Waals surface area (Å²) in [5.41, 5.74) is 5.93. The summed E-state index contributed by atoms with van der Waals surface area (Å²) in [6.07, 6.45) is 3.72. The number of rotatable bonds is 1. The molecule has 0 bridgehead atoms. The van der Waals surface area contributed by atoms with Crippen molar-refractivity contribution in [2.75, 3.05) is 24.7 Å². The molecular weight excluding hydrogens is 170 g/mol. The summed E-state index contributed by atoms with van der Waals surface area (Å²) >= 11 is 2.03. The van der Waals surface area contributed by atoms with Gasteiger partial charge in [-0.15, -0.1) is 0 Å². The molecule has 3 heteroatoms. The van der Waals surface area contributed by atoms with Gasteiger partial charge in [0.25, 0.3) is 0 Å². The SMILES string of the molecule is NCC1CCOC12CCCSC2. The van der Waals surface area contributed by atoms with Crippen LogP contribution in [0.2, 0.25) is 0 Å². The first-order valence-corrected chi connectivity index (χ1v) is 5.95. The largest absolute Gasteiger partial charge is 0.374 e. The molecule has 0 amide bonds. The lowest BCUT2D eigenvalue weighted by Gasteiger charge is -2.36. The average Bonchev–Trinajstić information content (AvgIpc) is 2.49. The van der Waals surface area contributed by atoms with Gasteiger partial charge in [0.2, 0.25) is 0 Å². The van der Waals surface area contributed by atoms with Crippen LogP contribution >= 0.6 is 11.8 Å². The topological polar surface area (TPSA) is 35.2 Å². The van der Waals surface area contributed by atoms with Gasteiger partial charge in [0.15, 0.2) is 0 Å². The van der Waals surface area contributed by atoms with E-state index in [9.17, 15) is 0 Å². The van der Waals surface area contributed by atoms with E-state index in [2.05, 4.69) is 0 Å². The van der Waals surface area contributed by atoms with Gasteiger partial charge in [-0.2, -0.15) is 11.8 Å². The zero-order valence-corrected chi connectivity index (χ0v) is 8.24. The summed E-state index contributed by atoms with van der Waals surface area (Å²) in [5, 5.41) is 0. The van der Waals surface area contributed by atoms with Crippen LogP contribution in [0.5, 0.6) is 0 Å². The molecule has 2 N–H and O–H groups in total. The fraction of sp³-hybridized carbons (Fsp3) is 1.00. The second-order valence-corrected chi connectivity index (χ2v) is 4.90. The van der Waals surface area contributed by atoms with Crippen LogP contribution in [0.15, 0.2) is 0 Å². The maximum absolute atomic E-state index is 5.88. The Kier molecular flexibility index (Phi) is 2.63. The van der Waals surface area contributed by atoms with E-state index < -0.39 is 0 Å². The Balaban J connectivity index is 2.05. The van der Waals surface area contributed by atoms with Crippen LogP contribution < -0.4 is 5.73 Å². The third-order valence-corrected chi connectivity index (χ3v) is 4.39. The standard InChI is InChI=1S/C9H17NOS/c10-6-8-2-4-11-9(8)3-1-5-12-7-9/h8H,1-7,10H2. The predicted octanol–water partition coefficient (Wildman–Crippen LogP) is 1.25. The molecule has 12 heavy (non-hydrogen) atoms. The highest BCUT2D eigenvalue weighted by Gasteiger charge is 2.44. The van der Waals surface area contributed by atoms with Crippen molar-refractivity contribution in [1.29, 1.82) is 0 Å². The summed E-state index contributed by atoms with van der Waals surface area (Å²) in [6, 6.07) is 0. The summed E-state index contributed by atoms with van der Waals surface area (Å²) in [6.45, 7) is 1.74. The molecule has 2 fully saturated rings. The van der Waals surface area contributed by atoms with E-state index in [-0.39, 0.29) is 5.60 Å². The lowest BCUT2D eigenvalue weighted by molar-refractivity contribution is -0.00865. The first kappa shape index (κ1) is 8.85. The van der Waals surface area contributed by atoms with Crippen molar-refractivity contribution < 1.29 is 4.74 Å². The molecule has 1 spiro atoms. The minimum absolute atomic E-state index is 0.178. The molecule has 0 aromatic heterocycles. The third kappa shape index (κ3) is 1.38. The van der Waals surface area contributed by atoms with Crippen LogP contribution in [0.3, 0.4) is 0 Å². The highest BCUT2D eigenvalue weighted by molar-refractivity contribution is 7.99. The summed E-state index contributed by atoms with van der Waals surface area (Å²) < 4.78 is 5.88. The van der Waals surface area contributed by atoms with Crippen LogP contribution in [0.4, 0.5) is 0 Å². The Hall–Kier alpha value is 0.270. The van der Waals surface area contributed by atoms with Crippen LogP contribution in [-0.2, 0) is 4.74 Å². The fourth-order valence-electron chi connectivity index (χ4n) is 2.34. The van der Waals surface area contributed by atoms with Gasteiger partial charge in [-0.05, 0) is 31.6 Å². The summed E-state index contributed by atoms with van der Waals surface area (Å²) in [5.74, 6) is 3.11. The number of ether oxygens (including phenoxy) is 1. The molecule has 2 rings (SSSR count). The highest BCUT2D eigenvalue weighted by Crippen LogP contribution is 2.41. The minimum Gasteiger partial charge on any atom is -0.374 e. The molecule has 2 atom stereocenters. The predicted molar refractivity (Wildman–Crippen MR) is 52.4 cm³/mol. The Labute approximate surface area is 78.2 Å². The molecule has 0 saturated carbocycles. The Morgan fingerprint density at radius 1 is 1.58 bits per heavy atom. The number of thioether (sulfide) groups is 1. The van der Waals surface area contributed by atoms with Crippen LogP contribution in [-0.4, -0.2) is 30.3 Å². The fourth-order valence-corrected chi connectivity index (χ4v) is 3.65. The van der Waals surface area contributed by atoms with Gasteiger partial charge in [-0.25, -0.2) is 0 Å². The Bertz CT molecular complexity index is 157. The molecule has 2 aliphatic rings. The Morgan fingerprint density at radius 3 is 3.17 bits per heavy atom. The van der Waals surface area contributed by atoms with Crippen LogP contribution in [0, 0.1) is 5.92 Å². The molecule has 2 heterocycles. The summed E-state index contributed by atoms with van der Waals surface area (Å²) in [7, 11) is 0. The average molecular weight is 187 g/mol. The van der Waals surface area contributed by atoms with Crippen molar-refractivity contribution in [2.24, 2.45) is 11.7 Å². The van der Waals surface area contributed by atoms with Gasteiger partial charge < -0.3 is 10.5 Å². The second kappa shape index (κ2) is 3.56. The molecule has 0 aliphatic carbocycles. The van der Waals surface area contributed by atoms with E-state index in [0.29, 0.717) is 5.92 Å². The van der Waals surface area contributed by atoms with Gasteiger partial charge >= 0.3 is 0 Å². The van der Waals surface area contributed by atoms with Crippen LogP contribution in [0.1, 0.15) is 19.3 Å². The van der Waals surface area contributed by atoms with Crippen molar-refractivity contribution in [2.45, 2.75) is 24.9 Å². The van der Waals surface area contributed by atoms with E-state index in [4.69, 9.17) is 10.5 Å². The molecule has 0 aromatic rings. The molecule has 0 aromatic carbocycles. The smallest absolute Gasteiger partial charge is 0.0813 e. The molecule has 2 aliphatic heterocycles. The quantitative estimate of drug-likeness (QED) is 0.671. The molecule has 2 saturated heterocycles. The zero-order chi connectivity index (χ0) is 8.44. The molecule has 2 nitrogen and oxygen atoms in total. The van der Waals surface area contributed by atoms with Gasteiger partial charge in [0, 0.05) is 18.3 Å². The minimum atomic E-state index is 0.178. The highest BCUT2D eigenvalue weighted by atomic mass is 32.2. The van der Waals surface area contributed by atoms with Crippen molar-refractivity contribution in [3.05, 3.63) is 0 Å². The summed E-state index contributed by atoms with van der Waals surface area (Å²) in [4.78, 5) is 0. The van der Waals surface area contributed by atoms with E-state index in [1.165, 1.54) is 30.8 Å². The van der Waals surface area contributed by atoms with Crippen LogP contribution in [0.25, 0.3) is 0 Å². The normalized spacial score (nSPS) is 42.2. The first-order valence-electron chi connectivity index (χ1n) is 4.79. The zero-order valence-electron chi connectivity index (χ0n) is 7.42. The number of hydrogen-bond donors (Lipinski definition) is 1. The van der Waals surface area contributed by atoms with Crippen molar-refractivity contribution >= 4 is 11.8 Å². The monoisotopic (exact) mass is 187 g/mol. The van der Waals surface area contributed by atoms with E-state index in [0.717, 1.165) is 13.2 Å². The van der Waals surface area contributed by atoms with Gasteiger partial charge in [0.05, 0.1) is 5.60 Å². The van der Waals surface area contributed by atoms with Crippen molar-refractivity contribution in [1.82, 2.24) is 0 Å². The maximum atomic E-state index is 5.88. The Morgan fingerprint density at radius 2 is 2.50 bits per heavy atom. The lowest BCUT2D eigenvalue weighted by Crippen LogP contribution is -2.43. The number of hydrogen-bond acceptors (Lipinski definition) is 3. The molecule has 2 unspecified atom stereocenters.